The van der Waals surface area contributed by atoms with Crippen molar-refractivity contribution in [3.05, 3.63) is 60.2 Å². The summed E-state index contributed by atoms with van der Waals surface area (Å²) in [6.07, 6.45) is 2.18. The molecule has 0 unspecified atom stereocenters. The van der Waals surface area contributed by atoms with Gasteiger partial charge in [-0.2, -0.15) is 0 Å². The fraction of sp³-hybridized carbons (Fsp3) is 0.435. The zero-order valence-corrected chi connectivity index (χ0v) is 16.6. The van der Waals surface area contributed by atoms with Gasteiger partial charge in [0.1, 0.15) is 0 Å². The zero-order chi connectivity index (χ0) is 19.6. The number of ether oxygens (including phenoxy) is 2. The molecule has 0 aliphatic carbocycles. The number of benzene rings is 2. The minimum Gasteiger partial charge on any atom is -0.490 e. The normalized spacial score (nSPS) is 16.7. The van der Waals surface area contributed by atoms with Gasteiger partial charge >= 0.3 is 0 Å². The standard InChI is InChI=1S/C23H30N2O3/c1-2-27-21-11-6-7-12-22(21)28-16-8-13-23(26)24-20-14-15-25(18-20)17-19-9-4-3-5-10-19/h3-7,9-12,20H,2,8,13-18H2,1H3,(H,24,26)/t20-/m0/s1. The van der Waals surface area contributed by atoms with Crippen molar-refractivity contribution in [3.63, 3.8) is 0 Å². The molecule has 1 saturated heterocycles. The average Bonchev–Trinajstić information content (AvgIpc) is 3.14. The first-order valence-electron chi connectivity index (χ1n) is 10.1. The summed E-state index contributed by atoms with van der Waals surface area (Å²) in [6.45, 7) is 5.94. The number of carbonyl (C=O) groups is 1. The Morgan fingerprint density at radius 2 is 1.79 bits per heavy atom. The van der Waals surface area contributed by atoms with Crippen LogP contribution < -0.4 is 14.8 Å². The van der Waals surface area contributed by atoms with Gasteiger partial charge in [0.2, 0.25) is 5.91 Å². The zero-order valence-electron chi connectivity index (χ0n) is 16.6. The number of rotatable bonds is 10. The number of nitrogens with one attached hydrogen (secondary N) is 1. The van der Waals surface area contributed by atoms with Crippen LogP contribution >= 0.6 is 0 Å². The van der Waals surface area contributed by atoms with Crippen molar-refractivity contribution >= 4 is 5.91 Å². The Morgan fingerprint density at radius 1 is 1.07 bits per heavy atom. The van der Waals surface area contributed by atoms with Gasteiger partial charge in [-0.25, -0.2) is 0 Å². The van der Waals surface area contributed by atoms with Crippen LogP contribution in [0.2, 0.25) is 0 Å². The van der Waals surface area contributed by atoms with Crippen molar-refractivity contribution in [3.8, 4) is 11.5 Å². The second-order valence-corrected chi connectivity index (χ2v) is 7.11. The maximum absolute atomic E-state index is 12.2. The fourth-order valence-electron chi connectivity index (χ4n) is 3.49. The highest BCUT2D eigenvalue weighted by Crippen LogP contribution is 2.26. The lowest BCUT2D eigenvalue weighted by molar-refractivity contribution is -0.121. The molecule has 1 aliphatic rings. The molecule has 2 aromatic carbocycles. The van der Waals surface area contributed by atoms with Crippen molar-refractivity contribution in [2.24, 2.45) is 0 Å². The fourth-order valence-corrected chi connectivity index (χ4v) is 3.49. The van der Waals surface area contributed by atoms with Gasteiger partial charge in [-0.15, -0.1) is 0 Å². The third-order valence-corrected chi connectivity index (χ3v) is 4.84. The Labute approximate surface area is 167 Å². The molecule has 1 amide bonds. The summed E-state index contributed by atoms with van der Waals surface area (Å²) in [6, 6.07) is 18.4. The first-order chi connectivity index (χ1) is 13.7. The topological polar surface area (TPSA) is 50.8 Å². The minimum absolute atomic E-state index is 0.105. The average molecular weight is 383 g/mol. The predicted octanol–water partition coefficient (Wildman–Crippen LogP) is 3.64. The molecule has 2 aromatic rings. The van der Waals surface area contributed by atoms with E-state index < -0.39 is 0 Å². The number of amides is 1. The van der Waals surface area contributed by atoms with Gasteiger partial charge in [0, 0.05) is 32.1 Å². The molecule has 5 heteroatoms. The van der Waals surface area contributed by atoms with Crippen LogP contribution in [0.4, 0.5) is 0 Å². The van der Waals surface area contributed by atoms with Crippen molar-refractivity contribution < 1.29 is 14.3 Å². The number of hydrogen-bond acceptors (Lipinski definition) is 4. The summed E-state index contributed by atoms with van der Waals surface area (Å²) in [5, 5.41) is 3.16. The SMILES string of the molecule is CCOc1ccccc1OCCCC(=O)N[C@H]1CCN(Cc2ccccc2)C1. The molecular weight excluding hydrogens is 352 g/mol. The monoisotopic (exact) mass is 382 g/mol. The molecule has 0 radical (unpaired) electrons. The summed E-state index contributed by atoms with van der Waals surface area (Å²) >= 11 is 0. The Bertz CT molecular complexity index is 736. The summed E-state index contributed by atoms with van der Waals surface area (Å²) in [5.41, 5.74) is 1.32. The van der Waals surface area contributed by atoms with Gasteiger partial charge in [0.05, 0.1) is 13.2 Å². The number of nitrogens with zero attached hydrogens (tertiary/aromatic N) is 1. The Balaban J connectivity index is 1.33. The van der Waals surface area contributed by atoms with Gasteiger partial charge in [0.15, 0.2) is 11.5 Å². The molecule has 5 nitrogen and oxygen atoms in total. The highest BCUT2D eigenvalue weighted by molar-refractivity contribution is 5.76. The van der Waals surface area contributed by atoms with E-state index in [1.807, 2.05) is 37.3 Å². The molecule has 1 fully saturated rings. The molecule has 150 valence electrons. The largest absolute Gasteiger partial charge is 0.490 e. The maximum Gasteiger partial charge on any atom is 0.220 e. The van der Waals surface area contributed by atoms with Crippen molar-refractivity contribution in [2.75, 3.05) is 26.3 Å². The van der Waals surface area contributed by atoms with Crippen LogP contribution in [0.25, 0.3) is 0 Å². The summed E-state index contributed by atoms with van der Waals surface area (Å²) < 4.78 is 11.3. The quantitative estimate of drug-likeness (QED) is 0.638. The highest BCUT2D eigenvalue weighted by atomic mass is 16.5. The molecule has 0 spiro atoms. The van der Waals surface area contributed by atoms with Crippen molar-refractivity contribution in [1.29, 1.82) is 0 Å². The smallest absolute Gasteiger partial charge is 0.220 e. The van der Waals surface area contributed by atoms with Crippen LogP contribution in [0.3, 0.4) is 0 Å². The second kappa shape index (κ2) is 10.7. The number of carbonyl (C=O) groups excluding carboxylic acids is 1. The molecule has 1 heterocycles. The van der Waals surface area contributed by atoms with Crippen molar-refractivity contribution in [2.45, 2.75) is 38.8 Å². The van der Waals surface area contributed by atoms with E-state index in [-0.39, 0.29) is 11.9 Å². The lowest BCUT2D eigenvalue weighted by atomic mass is 10.2. The summed E-state index contributed by atoms with van der Waals surface area (Å²) in [7, 11) is 0. The second-order valence-electron chi connectivity index (χ2n) is 7.11. The van der Waals surface area contributed by atoms with Crippen LogP contribution in [0.1, 0.15) is 31.7 Å². The molecule has 1 N–H and O–H groups in total. The van der Waals surface area contributed by atoms with E-state index in [0.717, 1.165) is 37.6 Å². The van der Waals surface area contributed by atoms with E-state index in [1.165, 1.54) is 5.56 Å². The van der Waals surface area contributed by atoms with Gasteiger partial charge < -0.3 is 14.8 Å². The first kappa shape index (κ1) is 20.2. The van der Waals surface area contributed by atoms with Crippen LogP contribution in [0.5, 0.6) is 11.5 Å². The van der Waals surface area contributed by atoms with E-state index in [9.17, 15) is 4.79 Å². The van der Waals surface area contributed by atoms with E-state index in [1.54, 1.807) is 0 Å². The first-order valence-corrected chi connectivity index (χ1v) is 10.1. The minimum atomic E-state index is 0.105. The van der Waals surface area contributed by atoms with E-state index in [0.29, 0.717) is 26.1 Å². The molecule has 28 heavy (non-hydrogen) atoms. The van der Waals surface area contributed by atoms with Crippen molar-refractivity contribution in [1.82, 2.24) is 10.2 Å². The van der Waals surface area contributed by atoms with Crippen LogP contribution in [-0.4, -0.2) is 43.2 Å². The Hall–Kier alpha value is -2.53. The van der Waals surface area contributed by atoms with E-state index in [4.69, 9.17) is 9.47 Å². The molecule has 1 atom stereocenters. The van der Waals surface area contributed by atoms with Crippen LogP contribution in [0, 0.1) is 0 Å². The van der Waals surface area contributed by atoms with Crippen LogP contribution in [-0.2, 0) is 11.3 Å². The lowest BCUT2D eigenvalue weighted by Gasteiger charge is -2.17. The Morgan fingerprint density at radius 3 is 2.54 bits per heavy atom. The Kier molecular flexibility index (Phi) is 7.73. The number of para-hydroxylation sites is 2. The lowest BCUT2D eigenvalue weighted by Crippen LogP contribution is -2.37. The third kappa shape index (κ3) is 6.27. The molecule has 0 saturated carbocycles. The van der Waals surface area contributed by atoms with Gasteiger partial charge in [-0.3, -0.25) is 9.69 Å². The highest BCUT2D eigenvalue weighted by Gasteiger charge is 2.23. The number of likely N-dealkylation sites (tertiary alicyclic amines) is 1. The molecule has 0 bridgehead atoms. The molecule has 1 aliphatic heterocycles. The number of hydrogen-bond donors (Lipinski definition) is 1. The van der Waals surface area contributed by atoms with E-state index >= 15 is 0 Å². The summed E-state index contributed by atoms with van der Waals surface area (Å²) in [4.78, 5) is 14.6. The molecule has 0 aromatic heterocycles. The van der Waals surface area contributed by atoms with Gasteiger partial charge in [0.25, 0.3) is 0 Å². The molecule has 3 rings (SSSR count). The predicted molar refractivity (Wildman–Crippen MR) is 111 cm³/mol. The summed E-state index contributed by atoms with van der Waals surface area (Å²) in [5.74, 6) is 1.59. The molecular formula is C23H30N2O3. The third-order valence-electron chi connectivity index (χ3n) is 4.84. The van der Waals surface area contributed by atoms with Gasteiger partial charge in [-0.1, -0.05) is 42.5 Å². The van der Waals surface area contributed by atoms with Crippen LogP contribution in [0.15, 0.2) is 54.6 Å². The van der Waals surface area contributed by atoms with Gasteiger partial charge in [-0.05, 0) is 37.5 Å². The van der Waals surface area contributed by atoms with E-state index in [2.05, 4.69) is 34.5 Å². The maximum atomic E-state index is 12.2.